The number of rotatable bonds is 6. The van der Waals surface area contributed by atoms with E-state index in [9.17, 15) is 4.79 Å². The number of nitrogens with one attached hydrogen (secondary N) is 1. The van der Waals surface area contributed by atoms with Crippen molar-refractivity contribution in [2.24, 2.45) is 5.92 Å². The Hall–Kier alpha value is -1.66. The highest BCUT2D eigenvalue weighted by molar-refractivity contribution is 7.99. The molecule has 2 aromatic rings. The topological polar surface area (TPSA) is 54.5 Å². The van der Waals surface area contributed by atoms with Crippen LogP contribution >= 0.6 is 23.4 Å². The first-order chi connectivity index (χ1) is 14.1. The number of hydrogen-bond acceptors (Lipinski definition) is 5. The van der Waals surface area contributed by atoms with Crippen molar-refractivity contribution < 1.29 is 9.53 Å². The maximum atomic E-state index is 12.0. The summed E-state index contributed by atoms with van der Waals surface area (Å²) >= 11 is 7.98. The minimum Gasteiger partial charge on any atom is -0.444 e. The molecule has 1 fully saturated rings. The summed E-state index contributed by atoms with van der Waals surface area (Å²) in [6.45, 7) is 12.5. The van der Waals surface area contributed by atoms with Crippen LogP contribution in [-0.2, 0) is 4.74 Å². The minimum absolute atomic E-state index is 0.350. The van der Waals surface area contributed by atoms with Crippen LogP contribution in [0.4, 0.5) is 10.5 Å². The molecule has 1 amide bonds. The molecule has 1 saturated heterocycles. The molecule has 1 aliphatic heterocycles. The average Bonchev–Trinajstić information content (AvgIpc) is 2.61. The minimum atomic E-state index is -0.480. The summed E-state index contributed by atoms with van der Waals surface area (Å²) in [4.78, 5) is 18.7. The number of carbonyl (C=O) groups excluding carboxylic acids is 1. The van der Waals surface area contributed by atoms with Crippen molar-refractivity contribution in [2.45, 2.75) is 51.4 Å². The molecule has 1 aromatic heterocycles. The number of fused-ring (bicyclic) bond motifs is 1. The molecule has 1 N–H and O–H groups in total. The molecule has 1 aliphatic rings. The standard InChI is InChI=1S/C23H32ClN3O2S/c1-14(2)16-7-8-19(18-10-25-21(24)9-17(16)18)27-12-15(13-27)20(30-6)11-26-22(28)29-23(3,4)5/h7-10,14-15,20H,11-13H2,1-6H3,(H,26,28). The first-order valence-corrected chi connectivity index (χ1v) is 12.1. The fourth-order valence-corrected chi connectivity index (χ4v) is 4.85. The van der Waals surface area contributed by atoms with E-state index in [4.69, 9.17) is 16.3 Å². The van der Waals surface area contributed by atoms with Crippen LogP contribution in [0.1, 0.15) is 46.1 Å². The fourth-order valence-electron chi connectivity index (χ4n) is 3.89. The van der Waals surface area contributed by atoms with Crippen LogP contribution in [0.5, 0.6) is 0 Å². The SMILES string of the molecule is CSC(CNC(=O)OC(C)(C)C)C1CN(c2ccc(C(C)C)c3cc(Cl)ncc23)C1. The molecule has 1 unspecified atom stereocenters. The van der Waals surface area contributed by atoms with E-state index in [1.807, 2.05) is 33.0 Å². The lowest BCUT2D eigenvalue weighted by Gasteiger charge is -2.45. The van der Waals surface area contributed by atoms with Crippen molar-refractivity contribution >= 4 is 45.9 Å². The molecular weight excluding hydrogens is 418 g/mol. The average molecular weight is 450 g/mol. The molecule has 30 heavy (non-hydrogen) atoms. The molecule has 164 valence electrons. The molecule has 1 aromatic carbocycles. The van der Waals surface area contributed by atoms with E-state index in [0.29, 0.717) is 28.8 Å². The molecule has 0 saturated carbocycles. The van der Waals surface area contributed by atoms with E-state index in [1.54, 1.807) is 11.8 Å². The van der Waals surface area contributed by atoms with Crippen LogP contribution in [0.2, 0.25) is 5.15 Å². The Morgan fingerprint density at radius 1 is 1.33 bits per heavy atom. The van der Waals surface area contributed by atoms with Crippen molar-refractivity contribution in [3.05, 3.63) is 35.1 Å². The van der Waals surface area contributed by atoms with Crippen LogP contribution in [0, 0.1) is 5.92 Å². The third-order valence-electron chi connectivity index (χ3n) is 5.43. The van der Waals surface area contributed by atoms with E-state index in [-0.39, 0.29) is 6.09 Å². The van der Waals surface area contributed by atoms with Crippen LogP contribution < -0.4 is 10.2 Å². The summed E-state index contributed by atoms with van der Waals surface area (Å²) in [5.74, 6) is 0.930. The Morgan fingerprint density at radius 2 is 2.03 bits per heavy atom. The van der Waals surface area contributed by atoms with Crippen LogP contribution in [0.15, 0.2) is 24.4 Å². The Labute approximate surface area is 188 Å². The van der Waals surface area contributed by atoms with Crippen molar-refractivity contribution in [1.82, 2.24) is 10.3 Å². The number of aromatic nitrogens is 1. The molecule has 7 heteroatoms. The van der Waals surface area contributed by atoms with Crippen molar-refractivity contribution in [1.29, 1.82) is 0 Å². The van der Waals surface area contributed by atoms with E-state index >= 15 is 0 Å². The second-order valence-electron chi connectivity index (χ2n) is 9.20. The third-order valence-corrected chi connectivity index (χ3v) is 6.79. The lowest BCUT2D eigenvalue weighted by Crippen LogP contribution is -2.53. The van der Waals surface area contributed by atoms with E-state index < -0.39 is 5.60 Å². The zero-order valence-electron chi connectivity index (χ0n) is 18.7. The molecule has 2 heterocycles. The second-order valence-corrected chi connectivity index (χ2v) is 10.7. The van der Waals surface area contributed by atoms with Crippen molar-refractivity contribution in [2.75, 3.05) is 30.8 Å². The van der Waals surface area contributed by atoms with E-state index in [2.05, 4.69) is 47.4 Å². The summed E-state index contributed by atoms with van der Waals surface area (Å²) in [5, 5.41) is 6.13. The van der Waals surface area contributed by atoms with Gasteiger partial charge in [0.1, 0.15) is 10.8 Å². The molecule has 0 bridgehead atoms. The molecule has 5 nitrogen and oxygen atoms in total. The number of ether oxygens (including phenoxy) is 1. The summed E-state index contributed by atoms with van der Waals surface area (Å²) in [7, 11) is 0. The Kier molecular flexibility index (Phi) is 7.08. The maximum Gasteiger partial charge on any atom is 0.407 e. The number of nitrogens with zero attached hydrogens (tertiary/aromatic N) is 2. The summed E-state index contributed by atoms with van der Waals surface area (Å²) in [6, 6.07) is 6.39. The first-order valence-electron chi connectivity index (χ1n) is 10.4. The summed E-state index contributed by atoms with van der Waals surface area (Å²) < 4.78 is 5.36. The zero-order valence-corrected chi connectivity index (χ0v) is 20.2. The van der Waals surface area contributed by atoms with Crippen LogP contribution in [0.3, 0.4) is 0 Å². The number of pyridine rings is 1. The number of halogens is 1. The highest BCUT2D eigenvalue weighted by Crippen LogP contribution is 2.38. The van der Waals surface area contributed by atoms with Gasteiger partial charge in [-0.25, -0.2) is 9.78 Å². The highest BCUT2D eigenvalue weighted by atomic mass is 35.5. The molecular formula is C23H32ClN3O2S. The van der Waals surface area contributed by atoms with Gasteiger partial charge in [0, 0.05) is 48.1 Å². The van der Waals surface area contributed by atoms with Gasteiger partial charge in [-0.3, -0.25) is 0 Å². The fraction of sp³-hybridized carbons (Fsp3) is 0.565. The van der Waals surface area contributed by atoms with Crippen molar-refractivity contribution in [3.8, 4) is 0 Å². The second kappa shape index (κ2) is 9.23. The molecule has 0 spiro atoms. The predicted molar refractivity (Wildman–Crippen MR) is 128 cm³/mol. The van der Waals surface area contributed by atoms with Gasteiger partial charge in [0.05, 0.1) is 0 Å². The van der Waals surface area contributed by atoms with Gasteiger partial charge in [0.2, 0.25) is 0 Å². The first kappa shape index (κ1) is 23.0. The van der Waals surface area contributed by atoms with Gasteiger partial charge in [-0.2, -0.15) is 11.8 Å². The molecule has 0 radical (unpaired) electrons. The van der Waals surface area contributed by atoms with Gasteiger partial charge in [0.25, 0.3) is 0 Å². The van der Waals surface area contributed by atoms with Crippen molar-refractivity contribution in [3.63, 3.8) is 0 Å². The molecule has 1 atom stereocenters. The van der Waals surface area contributed by atoms with Gasteiger partial charge in [-0.15, -0.1) is 0 Å². The van der Waals surface area contributed by atoms with Gasteiger partial charge in [0.15, 0.2) is 0 Å². The number of carbonyl (C=O) groups is 1. The normalized spacial score (nSPS) is 15.9. The number of alkyl carbamates (subject to hydrolysis) is 1. The quantitative estimate of drug-likeness (QED) is 0.573. The maximum absolute atomic E-state index is 12.0. The number of benzene rings is 1. The van der Waals surface area contributed by atoms with Gasteiger partial charge in [-0.1, -0.05) is 31.5 Å². The predicted octanol–water partition coefficient (Wildman–Crippen LogP) is 5.70. The smallest absolute Gasteiger partial charge is 0.407 e. The monoisotopic (exact) mass is 449 g/mol. The number of thioether (sulfide) groups is 1. The summed E-state index contributed by atoms with van der Waals surface area (Å²) in [6.07, 6.45) is 3.64. The lowest BCUT2D eigenvalue weighted by molar-refractivity contribution is 0.0525. The molecule has 3 rings (SSSR count). The summed E-state index contributed by atoms with van der Waals surface area (Å²) in [5.41, 5.74) is 2.01. The molecule has 0 aliphatic carbocycles. The third kappa shape index (κ3) is 5.33. The van der Waals surface area contributed by atoms with Crippen LogP contribution in [0.25, 0.3) is 10.8 Å². The van der Waals surface area contributed by atoms with Gasteiger partial charge >= 0.3 is 6.09 Å². The largest absolute Gasteiger partial charge is 0.444 e. The lowest BCUT2D eigenvalue weighted by atomic mass is 9.91. The van der Waals surface area contributed by atoms with Gasteiger partial charge in [-0.05, 0) is 56.0 Å². The Morgan fingerprint density at radius 3 is 2.63 bits per heavy atom. The number of anilines is 1. The van der Waals surface area contributed by atoms with E-state index in [0.717, 1.165) is 18.5 Å². The number of hydrogen-bond donors (Lipinski definition) is 1. The number of amides is 1. The van der Waals surface area contributed by atoms with Crippen LogP contribution in [-0.4, -0.2) is 47.8 Å². The Balaban J connectivity index is 1.67. The Bertz CT molecular complexity index is 907. The highest BCUT2D eigenvalue weighted by Gasteiger charge is 2.34. The van der Waals surface area contributed by atoms with Gasteiger partial charge < -0.3 is 15.0 Å². The zero-order chi connectivity index (χ0) is 22.1. The van der Waals surface area contributed by atoms with E-state index in [1.165, 1.54) is 16.6 Å².